The van der Waals surface area contributed by atoms with E-state index in [0.29, 0.717) is 5.41 Å². The SMILES string of the molecule is CCC(C#N)N1CCC2(CCCC2)CC1. The number of hydrogen-bond acceptors (Lipinski definition) is 2. The molecule has 1 heterocycles. The minimum atomic E-state index is 0.170. The molecule has 1 unspecified atom stereocenters. The van der Waals surface area contributed by atoms with Crippen LogP contribution in [0.3, 0.4) is 0 Å². The fourth-order valence-electron chi connectivity index (χ4n) is 3.37. The average Bonchev–Trinajstić information content (AvgIpc) is 2.72. The van der Waals surface area contributed by atoms with Gasteiger partial charge in [-0.3, -0.25) is 4.90 Å². The van der Waals surface area contributed by atoms with Gasteiger partial charge in [-0.2, -0.15) is 5.26 Å². The maximum Gasteiger partial charge on any atom is 0.0975 e. The van der Waals surface area contributed by atoms with Crippen molar-refractivity contribution in [2.45, 2.75) is 57.9 Å². The molecule has 0 bridgehead atoms. The molecule has 0 radical (unpaired) electrons. The lowest BCUT2D eigenvalue weighted by Crippen LogP contribution is -2.43. The summed E-state index contributed by atoms with van der Waals surface area (Å²) in [7, 11) is 0. The maximum atomic E-state index is 9.04. The fourth-order valence-corrected chi connectivity index (χ4v) is 3.37. The second-order valence-corrected chi connectivity index (χ2v) is 5.30. The third kappa shape index (κ3) is 2.18. The summed E-state index contributed by atoms with van der Waals surface area (Å²) in [6.45, 7) is 4.44. The van der Waals surface area contributed by atoms with Crippen molar-refractivity contribution < 1.29 is 0 Å². The predicted octanol–water partition coefficient (Wildman–Crippen LogP) is 2.94. The molecule has 84 valence electrons. The Morgan fingerprint density at radius 1 is 1.20 bits per heavy atom. The van der Waals surface area contributed by atoms with Gasteiger partial charge in [0.25, 0.3) is 0 Å². The van der Waals surface area contributed by atoms with Crippen LogP contribution in [0.25, 0.3) is 0 Å². The molecule has 1 spiro atoms. The molecule has 0 aromatic heterocycles. The molecule has 1 saturated heterocycles. The van der Waals surface area contributed by atoms with Crippen LogP contribution in [0.2, 0.25) is 0 Å². The van der Waals surface area contributed by atoms with E-state index in [0.717, 1.165) is 19.5 Å². The molecule has 15 heavy (non-hydrogen) atoms. The number of hydrogen-bond donors (Lipinski definition) is 0. The first kappa shape index (κ1) is 11.0. The first-order valence-corrected chi connectivity index (χ1v) is 6.43. The standard InChI is InChI=1S/C13H22N2/c1-2-12(11-14)15-9-7-13(8-10-15)5-3-4-6-13/h12H,2-10H2,1H3. The number of rotatable bonds is 2. The second kappa shape index (κ2) is 4.53. The van der Waals surface area contributed by atoms with E-state index in [1.165, 1.54) is 38.5 Å². The molecule has 2 heteroatoms. The minimum Gasteiger partial charge on any atom is -0.288 e. The lowest BCUT2D eigenvalue weighted by Gasteiger charge is -2.40. The topological polar surface area (TPSA) is 27.0 Å². The van der Waals surface area contributed by atoms with Crippen LogP contribution in [0.15, 0.2) is 0 Å². The van der Waals surface area contributed by atoms with Crippen LogP contribution in [0.4, 0.5) is 0 Å². The van der Waals surface area contributed by atoms with Gasteiger partial charge in [-0.1, -0.05) is 19.8 Å². The molecular weight excluding hydrogens is 184 g/mol. The minimum absolute atomic E-state index is 0.170. The van der Waals surface area contributed by atoms with E-state index in [9.17, 15) is 0 Å². The van der Waals surface area contributed by atoms with E-state index >= 15 is 0 Å². The average molecular weight is 206 g/mol. The van der Waals surface area contributed by atoms with E-state index in [2.05, 4.69) is 17.9 Å². The van der Waals surface area contributed by atoms with Gasteiger partial charge in [-0.15, -0.1) is 0 Å². The summed E-state index contributed by atoms with van der Waals surface area (Å²) in [5.41, 5.74) is 0.685. The molecule has 0 aromatic carbocycles. The second-order valence-electron chi connectivity index (χ2n) is 5.30. The van der Waals surface area contributed by atoms with E-state index in [1.54, 1.807) is 0 Å². The van der Waals surface area contributed by atoms with Crippen LogP contribution in [0.1, 0.15) is 51.9 Å². The third-order valence-corrected chi connectivity index (χ3v) is 4.50. The van der Waals surface area contributed by atoms with Gasteiger partial charge in [0, 0.05) is 0 Å². The van der Waals surface area contributed by atoms with Crippen molar-refractivity contribution in [3.63, 3.8) is 0 Å². The molecule has 0 aromatic rings. The highest BCUT2D eigenvalue weighted by atomic mass is 15.2. The Morgan fingerprint density at radius 3 is 2.27 bits per heavy atom. The summed E-state index contributed by atoms with van der Waals surface area (Å²) in [5, 5.41) is 9.04. The lowest BCUT2D eigenvalue weighted by atomic mass is 9.77. The monoisotopic (exact) mass is 206 g/mol. The smallest absolute Gasteiger partial charge is 0.0975 e. The molecule has 2 nitrogen and oxygen atoms in total. The fraction of sp³-hybridized carbons (Fsp3) is 0.923. The maximum absolute atomic E-state index is 9.04. The van der Waals surface area contributed by atoms with E-state index < -0.39 is 0 Å². The van der Waals surface area contributed by atoms with Crippen molar-refractivity contribution in [1.82, 2.24) is 4.90 Å². The molecule has 0 amide bonds. The summed E-state index contributed by atoms with van der Waals surface area (Å²) in [6, 6.07) is 2.60. The third-order valence-electron chi connectivity index (χ3n) is 4.50. The van der Waals surface area contributed by atoms with Gasteiger partial charge in [0.1, 0.15) is 0 Å². The Bertz CT molecular complexity index is 238. The molecule has 2 fully saturated rings. The van der Waals surface area contributed by atoms with Crippen LogP contribution in [0.5, 0.6) is 0 Å². The molecule has 1 aliphatic heterocycles. The van der Waals surface area contributed by atoms with Gasteiger partial charge >= 0.3 is 0 Å². The zero-order valence-corrected chi connectivity index (χ0v) is 9.84. The summed E-state index contributed by atoms with van der Waals surface area (Å²) >= 11 is 0. The first-order chi connectivity index (χ1) is 7.29. The number of nitrogens with zero attached hydrogens (tertiary/aromatic N) is 2. The highest BCUT2D eigenvalue weighted by Gasteiger charge is 2.37. The van der Waals surface area contributed by atoms with Gasteiger partial charge in [-0.05, 0) is 50.6 Å². The largest absolute Gasteiger partial charge is 0.288 e. The van der Waals surface area contributed by atoms with Gasteiger partial charge < -0.3 is 0 Å². The lowest BCUT2D eigenvalue weighted by molar-refractivity contribution is 0.0908. The van der Waals surface area contributed by atoms with Crippen molar-refractivity contribution in [2.24, 2.45) is 5.41 Å². The summed E-state index contributed by atoms with van der Waals surface area (Å²) in [6.07, 6.45) is 9.43. The van der Waals surface area contributed by atoms with Crippen LogP contribution in [0, 0.1) is 16.7 Å². The molecule has 1 aliphatic carbocycles. The Hall–Kier alpha value is -0.550. The Balaban J connectivity index is 1.89. The van der Waals surface area contributed by atoms with Crippen LogP contribution < -0.4 is 0 Å². The Morgan fingerprint density at radius 2 is 1.80 bits per heavy atom. The summed E-state index contributed by atoms with van der Waals surface area (Å²) < 4.78 is 0. The van der Waals surface area contributed by atoms with Crippen molar-refractivity contribution in [2.75, 3.05) is 13.1 Å². The van der Waals surface area contributed by atoms with Crippen molar-refractivity contribution in [3.05, 3.63) is 0 Å². The number of nitriles is 1. The van der Waals surface area contributed by atoms with Crippen molar-refractivity contribution >= 4 is 0 Å². The first-order valence-electron chi connectivity index (χ1n) is 6.43. The van der Waals surface area contributed by atoms with Gasteiger partial charge in [0.2, 0.25) is 0 Å². The molecule has 0 N–H and O–H groups in total. The van der Waals surface area contributed by atoms with Crippen molar-refractivity contribution in [3.8, 4) is 6.07 Å². The number of likely N-dealkylation sites (tertiary alicyclic amines) is 1. The van der Waals surface area contributed by atoms with E-state index in [1.807, 2.05) is 0 Å². The van der Waals surface area contributed by atoms with Crippen LogP contribution in [-0.2, 0) is 0 Å². The molecular formula is C13H22N2. The molecule has 1 atom stereocenters. The van der Waals surface area contributed by atoms with Gasteiger partial charge in [0.05, 0.1) is 12.1 Å². The zero-order valence-electron chi connectivity index (χ0n) is 9.84. The normalized spacial score (nSPS) is 27.7. The van der Waals surface area contributed by atoms with Crippen molar-refractivity contribution in [1.29, 1.82) is 5.26 Å². The highest BCUT2D eigenvalue weighted by molar-refractivity contribution is 4.96. The van der Waals surface area contributed by atoms with Crippen LogP contribution >= 0.6 is 0 Å². The molecule has 2 rings (SSSR count). The summed E-state index contributed by atoms with van der Waals surface area (Å²) in [4.78, 5) is 2.39. The van der Waals surface area contributed by atoms with E-state index in [4.69, 9.17) is 5.26 Å². The quantitative estimate of drug-likeness (QED) is 0.694. The van der Waals surface area contributed by atoms with Gasteiger partial charge in [0.15, 0.2) is 0 Å². The molecule has 2 aliphatic rings. The Labute approximate surface area is 93.3 Å². The highest BCUT2D eigenvalue weighted by Crippen LogP contribution is 2.46. The zero-order chi connectivity index (χ0) is 10.7. The van der Waals surface area contributed by atoms with E-state index in [-0.39, 0.29) is 6.04 Å². The Kier molecular flexibility index (Phi) is 3.31. The molecule has 1 saturated carbocycles. The van der Waals surface area contributed by atoms with Crippen LogP contribution in [-0.4, -0.2) is 24.0 Å². The summed E-state index contributed by atoms with van der Waals surface area (Å²) in [5.74, 6) is 0. The van der Waals surface area contributed by atoms with Gasteiger partial charge in [-0.25, -0.2) is 0 Å². The number of piperidine rings is 1. The predicted molar refractivity (Wildman–Crippen MR) is 61.4 cm³/mol.